The summed E-state index contributed by atoms with van der Waals surface area (Å²) in [4.78, 5) is 40.7. The summed E-state index contributed by atoms with van der Waals surface area (Å²) in [7, 11) is 1.49. The van der Waals surface area contributed by atoms with Gasteiger partial charge >= 0.3 is 0 Å². The number of benzene rings is 2. The molecule has 2 aliphatic heterocycles. The zero-order valence-electron chi connectivity index (χ0n) is 13.9. The number of amides is 3. The van der Waals surface area contributed by atoms with Gasteiger partial charge in [0.05, 0.1) is 12.0 Å². The molecule has 0 bridgehead atoms. The molecule has 0 saturated carbocycles. The highest BCUT2D eigenvalue weighted by Crippen LogP contribution is 2.47. The Morgan fingerprint density at radius 1 is 0.880 bits per heavy atom. The van der Waals surface area contributed by atoms with E-state index in [1.54, 1.807) is 4.90 Å². The summed E-state index contributed by atoms with van der Waals surface area (Å²) in [5, 5.41) is 0. The van der Waals surface area contributed by atoms with Gasteiger partial charge in [0, 0.05) is 25.6 Å². The first-order valence-corrected chi connectivity index (χ1v) is 8.28. The van der Waals surface area contributed by atoms with Crippen LogP contribution in [-0.4, -0.2) is 29.7 Å². The van der Waals surface area contributed by atoms with E-state index < -0.39 is 5.41 Å². The van der Waals surface area contributed by atoms with Crippen LogP contribution in [0.25, 0.3) is 0 Å². The van der Waals surface area contributed by atoms with E-state index in [-0.39, 0.29) is 30.6 Å². The summed E-state index contributed by atoms with van der Waals surface area (Å²) in [6, 6.07) is 17.2. The minimum atomic E-state index is -1.05. The van der Waals surface area contributed by atoms with Crippen LogP contribution in [0.15, 0.2) is 54.6 Å². The van der Waals surface area contributed by atoms with Crippen LogP contribution in [0.1, 0.15) is 24.0 Å². The van der Waals surface area contributed by atoms with Crippen molar-refractivity contribution in [3.8, 4) is 0 Å². The third-order valence-electron chi connectivity index (χ3n) is 5.19. The molecule has 0 aliphatic carbocycles. The maximum Gasteiger partial charge on any atom is 0.240 e. The van der Waals surface area contributed by atoms with Crippen LogP contribution in [-0.2, 0) is 26.3 Å². The normalized spacial score (nSPS) is 22.7. The smallest absolute Gasteiger partial charge is 0.240 e. The van der Waals surface area contributed by atoms with Gasteiger partial charge in [-0.25, -0.2) is 0 Å². The van der Waals surface area contributed by atoms with Crippen molar-refractivity contribution in [3.63, 3.8) is 0 Å². The number of carbonyl (C=O) groups excluding carboxylic acids is 3. The van der Waals surface area contributed by atoms with Gasteiger partial charge < -0.3 is 4.90 Å². The molecule has 25 heavy (non-hydrogen) atoms. The summed E-state index contributed by atoms with van der Waals surface area (Å²) in [6.07, 6.45) is 0.0933. The molecular weight excluding hydrogens is 316 g/mol. The highest BCUT2D eigenvalue weighted by Gasteiger charge is 2.56. The van der Waals surface area contributed by atoms with Gasteiger partial charge in [-0.3, -0.25) is 19.3 Å². The van der Waals surface area contributed by atoms with Gasteiger partial charge in [-0.1, -0.05) is 48.5 Å². The molecule has 1 fully saturated rings. The molecule has 0 N–H and O–H groups in total. The fraction of sp³-hybridized carbons (Fsp3) is 0.250. The lowest BCUT2D eigenvalue weighted by molar-refractivity contribution is -0.139. The minimum Gasteiger partial charge on any atom is -0.308 e. The molecule has 4 rings (SSSR count). The van der Waals surface area contributed by atoms with Crippen LogP contribution in [0.4, 0.5) is 5.69 Å². The number of para-hydroxylation sites is 1. The number of likely N-dealkylation sites (tertiary alicyclic amines) is 1. The fourth-order valence-electron chi connectivity index (χ4n) is 3.87. The third kappa shape index (κ3) is 2.27. The molecule has 1 saturated heterocycles. The van der Waals surface area contributed by atoms with E-state index in [1.165, 1.54) is 7.05 Å². The topological polar surface area (TPSA) is 57.7 Å². The second kappa shape index (κ2) is 5.55. The summed E-state index contributed by atoms with van der Waals surface area (Å²) < 4.78 is 0. The molecule has 5 heteroatoms. The first kappa shape index (κ1) is 15.6. The van der Waals surface area contributed by atoms with Crippen LogP contribution < -0.4 is 4.90 Å². The average molecular weight is 334 g/mol. The predicted molar refractivity (Wildman–Crippen MR) is 92.8 cm³/mol. The van der Waals surface area contributed by atoms with Crippen molar-refractivity contribution in [3.05, 3.63) is 65.7 Å². The predicted octanol–water partition coefficient (Wildman–Crippen LogP) is 2.25. The summed E-state index contributed by atoms with van der Waals surface area (Å²) >= 11 is 0. The van der Waals surface area contributed by atoms with Gasteiger partial charge in [0.25, 0.3) is 0 Å². The Morgan fingerprint density at radius 3 is 2.20 bits per heavy atom. The summed E-state index contributed by atoms with van der Waals surface area (Å²) in [6.45, 7) is 0.449. The van der Waals surface area contributed by atoms with E-state index in [9.17, 15) is 14.4 Å². The van der Waals surface area contributed by atoms with E-state index in [4.69, 9.17) is 0 Å². The number of fused-ring (bicyclic) bond motifs is 2. The number of likely N-dealkylation sites (N-methyl/N-ethyl adjacent to an activating group) is 1. The highest BCUT2D eigenvalue weighted by atomic mass is 16.2. The maximum atomic E-state index is 12.9. The highest BCUT2D eigenvalue weighted by molar-refractivity contribution is 6.14. The number of rotatable bonds is 2. The molecule has 0 radical (unpaired) electrons. The Balaban J connectivity index is 1.81. The van der Waals surface area contributed by atoms with Crippen LogP contribution in [0.5, 0.6) is 0 Å². The zero-order chi connectivity index (χ0) is 17.6. The van der Waals surface area contributed by atoms with Crippen molar-refractivity contribution in [1.29, 1.82) is 0 Å². The molecule has 5 nitrogen and oxygen atoms in total. The van der Waals surface area contributed by atoms with E-state index in [0.717, 1.165) is 21.7 Å². The molecule has 3 amide bonds. The van der Waals surface area contributed by atoms with Crippen LogP contribution >= 0.6 is 0 Å². The molecule has 2 aromatic carbocycles. The number of carbonyl (C=O) groups is 3. The lowest BCUT2D eigenvalue weighted by Crippen LogP contribution is -2.47. The van der Waals surface area contributed by atoms with Crippen molar-refractivity contribution in [1.82, 2.24) is 4.90 Å². The maximum absolute atomic E-state index is 12.9. The summed E-state index contributed by atoms with van der Waals surface area (Å²) in [5.74, 6) is -0.638. The zero-order valence-corrected chi connectivity index (χ0v) is 13.9. The fourth-order valence-corrected chi connectivity index (χ4v) is 3.87. The molecule has 0 aromatic heterocycles. The number of anilines is 1. The Morgan fingerprint density at radius 2 is 1.52 bits per heavy atom. The van der Waals surface area contributed by atoms with Crippen molar-refractivity contribution in [2.75, 3.05) is 11.9 Å². The standard InChI is InChI=1S/C20H18N2O3/c1-21-17(23)11-20(19(21)25)12-18(24)22(13-14-7-3-2-4-8-14)16-10-6-5-9-15(16)20/h2-10H,11-13H2,1H3/t20-/m0/s1. The Bertz CT molecular complexity index is 878. The number of nitrogens with zero attached hydrogens (tertiary/aromatic N) is 2. The molecule has 2 heterocycles. The van der Waals surface area contributed by atoms with Crippen LogP contribution in [0.2, 0.25) is 0 Å². The quantitative estimate of drug-likeness (QED) is 0.792. The van der Waals surface area contributed by atoms with Gasteiger partial charge in [-0.05, 0) is 17.2 Å². The number of hydrogen-bond donors (Lipinski definition) is 0. The van der Waals surface area contributed by atoms with Gasteiger partial charge in [-0.15, -0.1) is 0 Å². The first-order valence-electron chi connectivity index (χ1n) is 8.28. The number of imide groups is 1. The average Bonchev–Trinajstić information content (AvgIpc) is 2.84. The summed E-state index contributed by atoms with van der Waals surface area (Å²) in [5.41, 5.74) is 1.46. The van der Waals surface area contributed by atoms with Gasteiger partial charge in [0.2, 0.25) is 17.7 Å². The van der Waals surface area contributed by atoms with E-state index in [1.807, 2.05) is 54.6 Å². The van der Waals surface area contributed by atoms with Crippen LogP contribution in [0, 0.1) is 0 Å². The Hall–Kier alpha value is -2.95. The molecule has 126 valence electrons. The monoisotopic (exact) mass is 334 g/mol. The molecule has 2 aromatic rings. The lowest BCUT2D eigenvalue weighted by atomic mass is 9.72. The van der Waals surface area contributed by atoms with Crippen molar-refractivity contribution in [2.24, 2.45) is 0 Å². The molecule has 2 aliphatic rings. The molecule has 1 atom stereocenters. The van der Waals surface area contributed by atoms with Gasteiger partial charge in [0.1, 0.15) is 0 Å². The van der Waals surface area contributed by atoms with Crippen molar-refractivity contribution < 1.29 is 14.4 Å². The minimum absolute atomic E-state index is 0.0335. The SMILES string of the molecule is CN1C(=O)C[C@@]2(CC(=O)N(Cc3ccccc3)c3ccccc32)C1=O. The van der Waals surface area contributed by atoms with Crippen molar-refractivity contribution in [2.45, 2.75) is 24.8 Å². The lowest BCUT2D eigenvalue weighted by Gasteiger charge is -2.38. The second-order valence-corrected chi connectivity index (χ2v) is 6.68. The number of hydrogen-bond acceptors (Lipinski definition) is 3. The molecule has 0 unspecified atom stereocenters. The Kier molecular flexibility index (Phi) is 3.46. The van der Waals surface area contributed by atoms with Gasteiger partial charge in [0.15, 0.2) is 0 Å². The van der Waals surface area contributed by atoms with E-state index >= 15 is 0 Å². The van der Waals surface area contributed by atoms with Crippen LogP contribution in [0.3, 0.4) is 0 Å². The largest absolute Gasteiger partial charge is 0.308 e. The Labute approximate surface area is 145 Å². The first-order chi connectivity index (χ1) is 12.0. The van der Waals surface area contributed by atoms with E-state index in [0.29, 0.717) is 6.54 Å². The molecular formula is C20H18N2O3. The van der Waals surface area contributed by atoms with Crippen molar-refractivity contribution >= 4 is 23.4 Å². The third-order valence-corrected chi connectivity index (χ3v) is 5.19. The van der Waals surface area contributed by atoms with E-state index in [2.05, 4.69) is 0 Å². The van der Waals surface area contributed by atoms with Gasteiger partial charge in [-0.2, -0.15) is 0 Å². The second-order valence-electron chi connectivity index (χ2n) is 6.68. The molecule has 1 spiro atoms.